The van der Waals surface area contributed by atoms with Gasteiger partial charge in [-0.05, 0) is 19.2 Å². The highest BCUT2D eigenvalue weighted by molar-refractivity contribution is 5.91. The Morgan fingerprint density at radius 2 is 1.83 bits per heavy atom. The SMILES string of the molecule is CNCC(O)C(O)CO.O=C(O)c1cccc(C(F)(F)F)c1O. The monoisotopic (exact) mass is 341 g/mol. The van der Waals surface area contributed by atoms with Gasteiger partial charge in [-0.2, -0.15) is 13.2 Å². The van der Waals surface area contributed by atoms with Crippen LogP contribution in [0.1, 0.15) is 15.9 Å². The number of phenols is 1. The topological polar surface area (TPSA) is 130 Å². The van der Waals surface area contributed by atoms with E-state index in [0.717, 1.165) is 12.1 Å². The van der Waals surface area contributed by atoms with Crippen LogP contribution in [0.15, 0.2) is 18.2 Å². The summed E-state index contributed by atoms with van der Waals surface area (Å²) in [7, 11) is 1.66. The van der Waals surface area contributed by atoms with Crippen LogP contribution in [0.3, 0.4) is 0 Å². The molecule has 10 heteroatoms. The number of alkyl halides is 3. The Morgan fingerprint density at radius 3 is 2.22 bits per heavy atom. The zero-order valence-corrected chi connectivity index (χ0v) is 12.1. The molecule has 23 heavy (non-hydrogen) atoms. The van der Waals surface area contributed by atoms with Gasteiger partial charge in [0.15, 0.2) is 0 Å². The van der Waals surface area contributed by atoms with E-state index in [2.05, 4.69) is 5.32 Å². The third kappa shape index (κ3) is 6.82. The van der Waals surface area contributed by atoms with Gasteiger partial charge in [0.2, 0.25) is 0 Å². The van der Waals surface area contributed by atoms with Crippen molar-refractivity contribution in [1.29, 1.82) is 0 Å². The number of halogens is 3. The lowest BCUT2D eigenvalue weighted by molar-refractivity contribution is -0.138. The number of rotatable bonds is 5. The number of hydrogen-bond donors (Lipinski definition) is 6. The summed E-state index contributed by atoms with van der Waals surface area (Å²) in [6, 6.07) is 2.43. The molecule has 7 nitrogen and oxygen atoms in total. The molecule has 0 aliphatic rings. The zero-order valence-electron chi connectivity index (χ0n) is 12.1. The van der Waals surface area contributed by atoms with Gasteiger partial charge < -0.3 is 30.8 Å². The number of aliphatic hydroxyl groups excluding tert-OH is 3. The van der Waals surface area contributed by atoms with Gasteiger partial charge in [0.25, 0.3) is 0 Å². The van der Waals surface area contributed by atoms with Crippen molar-refractivity contribution in [3.8, 4) is 5.75 Å². The van der Waals surface area contributed by atoms with Crippen molar-refractivity contribution in [2.45, 2.75) is 18.4 Å². The summed E-state index contributed by atoms with van der Waals surface area (Å²) in [5, 5.41) is 45.9. The van der Waals surface area contributed by atoms with Crippen LogP contribution in [-0.4, -0.2) is 63.9 Å². The first-order valence-corrected chi connectivity index (χ1v) is 6.30. The molecule has 132 valence electrons. The molecule has 0 heterocycles. The maximum absolute atomic E-state index is 12.1. The Balaban J connectivity index is 0.000000468. The molecule has 1 rings (SSSR count). The number of nitrogens with one attached hydrogen (secondary N) is 1. The number of likely N-dealkylation sites (N-methyl/N-ethyl adjacent to an activating group) is 1. The van der Waals surface area contributed by atoms with Crippen LogP contribution in [0.25, 0.3) is 0 Å². The Bertz CT molecular complexity index is 509. The second kappa shape index (κ2) is 9.30. The summed E-state index contributed by atoms with van der Waals surface area (Å²) < 4.78 is 36.4. The quantitative estimate of drug-likeness (QED) is 0.445. The lowest BCUT2D eigenvalue weighted by atomic mass is 10.1. The van der Waals surface area contributed by atoms with Crippen molar-refractivity contribution in [3.05, 3.63) is 29.3 Å². The van der Waals surface area contributed by atoms with E-state index in [1.54, 1.807) is 7.05 Å². The van der Waals surface area contributed by atoms with Crippen molar-refractivity contribution in [1.82, 2.24) is 5.32 Å². The summed E-state index contributed by atoms with van der Waals surface area (Å²) in [6.07, 6.45) is -6.66. The van der Waals surface area contributed by atoms with Gasteiger partial charge in [0.1, 0.15) is 17.4 Å². The molecule has 6 N–H and O–H groups in total. The summed E-state index contributed by atoms with van der Waals surface area (Å²) in [5.74, 6) is -2.86. The molecule has 0 aliphatic heterocycles. The Hall–Kier alpha value is -1.88. The molecule has 0 bridgehead atoms. The number of carbonyl (C=O) groups is 1. The van der Waals surface area contributed by atoms with Crippen LogP contribution in [0.5, 0.6) is 5.75 Å². The zero-order chi connectivity index (χ0) is 18.2. The summed E-state index contributed by atoms with van der Waals surface area (Å²) in [5.41, 5.74) is -2.11. The maximum Gasteiger partial charge on any atom is 0.419 e. The molecule has 0 amide bonds. The number of aromatic hydroxyl groups is 1. The van der Waals surface area contributed by atoms with E-state index >= 15 is 0 Å². The fraction of sp³-hybridized carbons (Fsp3) is 0.462. The predicted octanol–water partition coefficient (Wildman–Crippen LogP) is 0.0291. The molecule has 1 aromatic rings. The lowest BCUT2D eigenvalue weighted by Gasteiger charge is -2.13. The van der Waals surface area contributed by atoms with Gasteiger partial charge in [-0.3, -0.25) is 0 Å². The third-order valence-corrected chi connectivity index (χ3v) is 2.62. The van der Waals surface area contributed by atoms with Crippen molar-refractivity contribution in [3.63, 3.8) is 0 Å². The number of carboxylic acid groups (broad SMARTS) is 1. The van der Waals surface area contributed by atoms with Crippen LogP contribution in [0.2, 0.25) is 0 Å². The first-order chi connectivity index (χ1) is 10.6. The fourth-order valence-electron chi connectivity index (χ4n) is 1.41. The first-order valence-electron chi connectivity index (χ1n) is 6.30. The number of aliphatic hydroxyl groups is 3. The van der Waals surface area contributed by atoms with E-state index in [4.69, 9.17) is 25.5 Å². The van der Waals surface area contributed by atoms with E-state index in [9.17, 15) is 18.0 Å². The van der Waals surface area contributed by atoms with Crippen LogP contribution < -0.4 is 5.32 Å². The average Bonchev–Trinajstić information content (AvgIpc) is 2.46. The van der Waals surface area contributed by atoms with Crippen LogP contribution in [0.4, 0.5) is 13.2 Å². The van der Waals surface area contributed by atoms with E-state index in [-0.39, 0.29) is 0 Å². The van der Waals surface area contributed by atoms with Crippen LogP contribution in [0, 0.1) is 0 Å². The minimum Gasteiger partial charge on any atom is -0.506 e. The predicted molar refractivity (Wildman–Crippen MR) is 73.1 cm³/mol. The van der Waals surface area contributed by atoms with Crippen molar-refractivity contribution < 1.29 is 43.5 Å². The van der Waals surface area contributed by atoms with Crippen molar-refractivity contribution >= 4 is 5.97 Å². The highest BCUT2D eigenvalue weighted by Gasteiger charge is 2.35. The molecule has 0 aromatic heterocycles. The summed E-state index contributed by atoms with van der Waals surface area (Å²) >= 11 is 0. The highest BCUT2D eigenvalue weighted by Crippen LogP contribution is 2.37. The number of aromatic carboxylic acids is 1. The normalized spacial score (nSPS) is 13.7. The molecular weight excluding hydrogens is 323 g/mol. The molecular formula is C13H18F3NO6. The summed E-state index contributed by atoms with van der Waals surface area (Å²) in [6.45, 7) is -0.107. The van der Waals surface area contributed by atoms with Gasteiger partial charge in [-0.1, -0.05) is 6.07 Å². The largest absolute Gasteiger partial charge is 0.506 e. The molecule has 1 aromatic carbocycles. The third-order valence-electron chi connectivity index (χ3n) is 2.62. The second-order valence-electron chi connectivity index (χ2n) is 4.38. The molecule has 0 aliphatic carbocycles. The Labute approximate surface area is 129 Å². The standard InChI is InChI=1S/C8H5F3O3.C5H13NO3/c9-8(10,11)5-3-1-2-4(6(5)12)7(13)14;1-6-2-4(8)5(9)3-7/h1-3,12H,(H,13,14);4-9H,2-3H2,1H3. The smallest absolute Gasteiger partial charge is 0.419 e. The number of benzene rings is 1. The van der Waals surface area contributed by atoms with Crippen molar-refractivity contribution in [2.75, 3.05) is 20.2 Å². The van der Waals surface area contributed by atoms with Crippen molar-refractivity contribution in [2.24, 2.45) is 0 Å². The van der Waals surface area contributed by atoms with Gasteiger partial charge in [-0.15, -0.1) is 0 Å². The lowest BCUT2D eigenvalue weighted by Crippen LogP contribution is -2.36. The number of hydrogen-bond acceptors (Lipinski definition) is 6. The van der Waals surface area contributed by atoms with Gasteiger partial charge in [0.05, 0.1) is 18.3 Å². The number of para-hydroxylation sites is 1. The second-order valence-corrected chi connectivity index (χ2v) is 4.38. The molecule has 2 atom stereocenters. The van der Waals surface area contributed by atoms with E-state index < -0.39 is 47.8 Å². The highest BCUT2D eigenvalue weighted by atomic mass is 19.4. The van der Waals surface area contributed by atoms with Crippen LogP contribution in [-0.2, 0) is 6.18 Å². The van der Waals surface area contributed by atoms with Gasteiger partial charge in [-0.25, -0.2) is 4.79 Å². The fourth-order valence-corrected chi connectivity index (χ4v) is 1.41. The molecule has 0 fully saturated rings. The Morgan fingerprint density at radius 1 is 1.26 bits per heavy atom. The molecule has 0 radical (unpaired) electrons. The molecule has 0 spiro atoms. The molecule has 2 unspecified atom stereocenters. The van der Waals surface area contributed by atoms with Gasteiger partial charge >= 0.3 is 12.1 Å². The molecule has 0 saturated heterocycles. The van der Waals surface area contributed by atoms with E-state index in [1.165, 1.54) is 0 Å². The van der Waals surface area contributed by atoms with Crippen LogP contribution >= 0.6 is 0 Å². The minimum atomic E-state index is -4.75. The minimum absolute atomic E-state index is 0.293. The molecule has 0 saturated carbocycles. The average molecular weight is 341 g/mol. The van der Waals surface area contributed by atoms with E-state index in [0.29, 0.717) is 12.6 Å². The summed E-state index contributed by atoms with van der Waals surface area (Å²) in [4.78, 5) is 10.4. The van der Waals surface area contributed by atoms with E-state index in [1.807, 2.05) is 0 Å². The van der Waals surface area contributed by atoms with Gasteiger partial charge in [0, 0.05) is 6.54 Å². The number of carboxylic acids is 1. The maximum atomic E-state index is 12.1. The Kier molecular flexibility index (Phi) is 8.54. The first kappa shape index (κ1) is 21.1.